The lowest BCUT2D eigenvalue weighted by Gasteiger charge is -2.08. The van der Waals surface area contributed by atoms with Gasteiger partial charge in [0.1, 0.15) is 11.6 Å². The fourth-order valence-electron chi connectivity index (χ4n) is 1.72. The van der Waals surface area contributed by atoms with Crippen LogP contribution in [-0.2, 0) is 6.42 Å². The summed E-state index contributed by atoms with van der Waals surface area (Å²) in [6.45, 7) is 0.783. The summed E-state index contributed by atoms with van der Waals surface area (Å²) in [5.74, 6) is 1.59. The van der Waals surface area contributed by atoms with Gasteiger partial charge in [-0.15, -0.1) is 0 Å². The second-order valence-corrected chi connectivity index (χ2v) is 5.03. The molecule has 0 spiro atoms. The van der Waals surface area contributed by atoms with Crippen molar-refractivity contribution in [2.24, 2.45) is 0 Å². The van der Waals surface area contributed by atoms with Gasteiger partial charge in [0.05, 0.1) is 12.8 Å². The highest BCUT2D eigenvalue weighted by atomic mass is 79.9. The molecule has 0 radical (unpaired) electrons. The summed E-state index contributed by atoms with van der Waals surface area (Å²) >= 11 is 3.33. The number of aromatic nitrogens is 1. The molecule has 0 aliphatic heterocycles. The van der Waals surface area contributed by atoms with E-state index in [4.69, 9.17) is 10.5 Å². The Kier molecular flexibility index (Phi) is 4.63. The molecular weight excluding hydrogens is 306 g/mol. The Morgan fingerprint density at radius 2 is 2.05 bits per heavy atom. The molecule has 0 unspecified atom stereocenters. The molecule has 0 bridgehead atoms. The van der Waals surface area contributed by atoms with E-state index in [0.717, 1.165) is 29.0 Å². The Hall–Kier alpha value is -1.75. The van der Waals surface area contributed by atoms with Crippen LogP contribution in [0.25, 0.3) is 0 Å². The van der Waals surface area contributed by atoms with Crippen molar-refractivity contribution in [3.63, 3.8) is 0 Å². The molecule has 2 aromatic rings. The Labute approximate surface area is 121 Å². The standard InChI is InChI=1S/C14H16BrN3O/c1-19-12-4-2-10(3-5-12)6-7-17-14-13(16)8-11(15)9-18-14/h2-5,8-9H,6-7,16H2,1H3,(H,17,18). The maximum atomic E-state index is 5.87. The van der Waals surface area contributed by atoms with Crippen molar-refractivity contribution in [2.75, 3.05) is 24.7 Å². The van der Waals surface area contributed by atoms with Crippen LogP contribution in [0.3, 0.4) is 0 Å². The Bertz CT molecular complexity index is 543. The molecule has 2 rings (SSSR count). The number of nitrogen functional groups attached to an aromatic ring is 1. The number of halogens is 1. The zero-order chi connectivity index (χ0) is 13.7. The highest BCUT2D eigenvalue weighted by Gasteiger charge is 2.01. The van der Waals surface area contributed by atoms with Crippen molar-refractivity contribution in [3.8, 4) is 5.75 Å². The molecule has 0 saturated carbocycles. The van der Waals surface area contributed by atoms with Gasteiger partial charge in [-0.25, -0.2) is 4.98 Å². The Morgan fingerprint density at radius 3 is 2.68 bits per heavy atom. The molecule has 0 atom stereocenters. The molecule has 19 heavy (non-hydrogen) atoms. The summed E-state index contributed by atoms with van der Waals surface area (Å²) < 4.78 is 6.00. The topological polar surface area (TPSA) is 60.2 Å². The van der Waals surface area contributed by atoms with Crippen molar-refractivity contribution in [1.29, 1.82) is 0 Å². The van der Waals surface area contributed by atoms with E-state index in [1.807, 2.05) is 18.2 Å². The lowest BCUT2D eigenvalue weighted by atomic mass is 10.1. The van der Waals surface area contributed by atoms with Gasteiger partial charge in [0.25, 0.3) is 0 Å². The first-order valence-electron chi connectivity index (χ1n) is 5.97. The lowest BCUT2D eigenvalue weighted by molar-refractivity contribution is 0.414. The summed E-state index contributed by atoms with van der Waals surface area (Å²) in [4.78, 5) is 4.23. The number of rotatable bonds is 5. The molecule has 1 aromatic heterocycles. The number of methoxy groups -OCH3 is 1. The summed E-state index contributed by atoms with van der Waals surface area (Å²) in [6, 6.07) is 9.86. The molecule has 0 aliphatic carbocycles. The molecule has 5 heteroatoms. The molecule has 1 aromatic carbocycles. The minimum atomic E-state index is 0.643. The van der Waals surface area contributed by atoms with E-state index in [-0.39, 0.29) is 0 Å². The van der Waals surface area contributed by atoms with Gasteiger partial charge in [-0.3, -0.25) is 0 Å². The second kappa shape index (κ2) is 6.43. The molecule has 0 saturated heterocycles. The third-order valence-electron chi connectivity index (χ3n) is 2.75. The number of ether oxygens (including phenoxy) is 1. The smallest absolute Gasteiger partial charge is 0.149 e. The van der Waals surface area contributed by atoms with E-state index in [1.165, 1.54) is 5.56 Å². The summed E-state index contributed by atoms with van der Waals surface area (Å²) in [5.41, 5.74) is 7.75. The number of nitrogens with two attached hydrogens (primary N) is 1. The van der Waals surface area contributed by atoms with Crippen LogP contribution in [-0.4, -0.2) is 18.6 Å². The van der Waals surface area contributed by atoms with Crippen molar-refractivity contribution in [2.45, 2.75) is 6.42 Å². The molecule has 3 N–H and O–H groups in total. The number of anilines is 2. The normalized spacial score (nSPS) is 10.2. The van der Waals surface area contributed by atoms with Gasteiger partial charge in [0, 0.05) is 17.2 Å². The highest BCUT2D eigenvalue weighted by Crippen LogP contribution is 2.19. The van der Waals surface area contributed by atoms with Gasteiger partial charge in [-0.1, -0.05) is 12.1 Å². The molecule has 100 valence electrons. The zero-order valence-electron chi connectivity index (χ0n) is 10.7. The highest BCUT2D eigenvalue weighted by molar-refractivity contribution is 9.10. The number of pyridine rings is 1. The minimum Gasteiger partial charge on any atom is -0.497 e. The van der Waals surface area contributed by atoms with Crippen molar-refractivity contribution in [3.05, 3.63) is 46.6 Å². The molecular formula is C14H16BrN3O. The van der Waals surface area contributed by atoms with E-state index >= 15 is 0 Å². The van der Waals surface area contributed by atoms with Gasteiger partial charge in [-0.05, 0) is 46.1 Å². The number of benzene rings is 1. The van der Waals surface area contributed by atoms with E-state index in [1.54, 1.807) is 13.3 Å². The third-order valence-corrected chi connectivity index (χ3v) is 3.18. The molecule has 1 heterocycles. The van der Waals surface area contributed by atoms with E-state index in [2.05, 4.69) is 38.4 Å². The number of hydrogen-bond acceptors (Lipinski definition) is 4. The fourth-order valence-corrected chi connectivity index (χ4v) is 2.07. The van der Waals surface area contributed by atoms with Crippen molar-refractivity contribution in [1.82, 2.24) is 4.98 Å². The zero-order valence-corrected chi connectivity index (χ0v) is 12.3. The van der Waals surface area contributed by atoms with Crippen LogP contribution in [0.5, 0.6) is 5.75 Å². The van der Waals surface area contributed by atoms with Crippen LogP contribution in [0.15, 0.2) is 41.0 Å². The lowest BCUT2D eigenvalue weighted by Crippen LogP contribution is -2.08. The summed E-state index contributed by atoms with van der Waals surface area (Å²) in [6.07, 6.45) is 2.63. The van der Waals surface area contributed by atoms with Crippen LogP contribution in [0.1, 0.15) is 5.56 Å². The first-order chi connectivity index (χ1) is 9.19. The predicted molar refractivity (Wildman–Crippen MR) is 81.5 cm³/mol. The largest absolute Gasteiger partial charge is 0.497 e. The van der Waals surface area contributed by atoms with Crippen LogP contribution in [0.2, 0.25) is 0 Å². The third kappa shape index (κ3) is 3.86. The second-order valence-electron chi connectivity index (χ2n) is 4.12. The molecule has 0 amide bonds. The van der Waals surface area contributed by atoms with Gasteiger partial charge in [0.15, 0.2) is 0 Å². The number of hydrogen-bond donors (Lipinski definition) is 2. The number of nitrogens with one attached hydrogen (secondary N) is 1. The Morgan fingerprint density at radius 1 is 1.32 bits per heavy atom. The van der Waals surface area contributed by atoms with Gasteiger partial charge in [0.2, 0.25) is 0 Å². The van der Waals surface area contributed by atoms with Crippen molar-refractivity contribution < 1.29 is 4.74 Å². The monoisotopic (exact) mass is 321 g/mol. The summed E-state index contributed by atoms with van der Waals surface area (Å²) in [5, 5.41) is 3.23. The molecule has 0 fully saturated rings. The van der Waals surface area contributed by atoms with Gasteiger partial charge in [-0.2, -0.15) is 0 Å². The average molecular weight is 322 g/mol. The van der Waals surface area contributed by atoms with Crippen LogP contribution in [0, 0.1) is 0 Å². The van der Waals surface area contributed by atoms with E-state index in [0.29, 0.717) is 5.69 Å². The Balaban J connectivity index is 1.88. The molecule has 0 aliphatic rings. The maximum absolute atomic E-state index is 5.87. The SMILES string of the molecule is COc1ccc(CCNc2ncc(Br)cc2N)cc1. The van der Waals surface area contributed by atoms with E-state index < -0.39 is 0 Å². The minimum absolute atomic E-state index is 0.643. The van der Waals surface area contributed by atoms with Crippen molar-refractivity contribution >= 4 is 27.4 Å². The number of nitrogens with zero attached hydrogens (tertiary/aromatic N) is 1. The molecule has 4 nitrogen and oxygen atoms in total. The average Bonchev–Trinajstić information content (AvgIpc) is 2.42. The van der Waals surface area contributed by atoms with Crippen LogP contribution >= 0.6 is 15.9 Å². The van der Waals surface area contributed by atoms with Crippen LogP contribution in [0.4, 0.5) is 11.5 Å². The van der Waals surface area contributed by atoms with Gasteiger partial charge < -0.3 is 15.8 Å². The van der Waals surface area contributed by atoms with Gasteiger partial charge >= 0.3 is 0 Å². The van der Waals surface area contributed by atoms with E-state index in [9.17, 15) is 0 Å². The quantitative estimate of drug-likeness (QED) is 0.888. The predicted octanol–water partition coefficient (Wildman–Crippen LogP) is 3.09. The first kappa shape index (κ1) is 13.7. The maximum Gasteiger partial charge on any atom is 0.149 e. The first-order valence-corrected chi connectivity index (χ1v) is 6.76. The summed E-state index contributed by atoms with van der Waals surface area (Å²) in [7, 11) is 1.67. The fraction of sp³-hybridized carbons (Fsp3) is 0.214. The van der Waals surface area contributed by atoms with Crippen LogP contribution < -0.4 is 15.8 Å².